The molecule has 9 atom stereocenters. The van der Waals surface area contributed by atoms with E-state index in [1.54, 1.807) is 0 Å². The van der Waals surface area contributed by atoms with Gasteiger partial charge in [-0.15, -0.1) is 0 Å². The molecule has 1 aliphatic rings. The first-order valence-electron chi connectivity index (χ1n) is 16.0. The van der Waals surface area contributed by atoms with Crippen molar-refractivity contribution in [1.82, 2.24) is 5.32 Å². The number of rotatable bonds is 13. The zero-order valence-electron chi connectivity index (χ0n) is 29.2. The van der Waals surface area contributed by atoms with Crippen molar-refractivity contribution in [1.29, 1.82) is 0 Å². The van der Waals surface area contributed by atoms with E-state index >= 15 is 0 Å². The molecule has 6 N–H and O–H groups in total. The summed E-state index contributed by atoms with van der Waals surface area (Å²) in [4.78, 5) is 13.4. The van der Waals surface area contributed by atoms with Crippen LogP contribution < -0.4 is 5.32 Å². The van der Waals surface area contributed by atoms with Gasteiger partial charge < -0.3 is 35.6 Å². The second-order valence-electron chi connectivity index (χ2n) is 17.8. The van der Waals surface area contributed by atoms with Gasteiger partial charge in [-0.1, -0.05) is 96.9 Å². The normalized spacial score (nSPS) is 28.6. The molecule has 0 heterocycles. The van der Waals surface area contributed by atoms with Gasteiger partial charge in [0.2, 0.25) is 5.91 Å². The lowest BCUT2D eigenvalue weighted by atomic mass is 9.64. The lowest BCUT2D eigenvalue weighted by Gasteiger charge is -2.50. The molecule has 8 heteroatoms. The molecule has 1 fully saturated rings. The van der Waals surface area contributed by atoms with E-state index in [9.17, 15) is 30.3 Å². The molecule has 0 bridgehead atoms. The highest BCUT2D eigenvalue weighted by Gasteiger charge is 2.52. The van der Waals surface area contributed by atoms with Crippen LogP contribution in [0.25, 0.3) is 0 Å². The fourth-order valence-corrected chi connectivity index (χ4v) is 7.96. The highest BCUT2D eigenvalue weighted by molar-refractivity contribution is 5.77. The number of aliphatic hydroxyl groups is 5. The first kappa shape index (κ1) is 39.3. The SMILES string of the molecule is CC(C)C1C(O)C(O)C(O)C(OCC(NC(=O)CC(C)(C)CC(C)(C)C)C(O)C(O)C(C)(C)CC(C)(C)C)C1C(C)C. The molecule has 0 aromatic heterocycles. The second-order valence-corrected chi connectivity index (χ2v) is 17.8. The van der Waals surface area contributed by atoms with E-state index in [-0.39, 0.29) is 58.9 Å². The van der Waals surface area contributed by atoms with Gasteiger partial charge in [0.05, 0.1) is 31.0 Å². The smallest absolute Gasteiger partial charge is 0.220 e. The van der Waals surface area contributed by atoms with Crippen LogP contribution in [0.4, 0.5) is 0 Å². The molecule has 0 aliphatic heterocycles. The summed E-state index contributed by atoms with van der Waals surface area (Å²) in [5.41, 5.74) is -1.04. The third-order valence-electron chi connectivity index (χ3n) is 8.78. The van der Waals surface area contributed by atoms with Gasteiger partial charge in [-0.2, -0.15) is 0 Å². The number of carbonyl (C=O) groups excluding carboxylic acids is 1. The molecular weight excluding hydrogens is 534 g/mol. The monoisotopic (exact) mass is 601 g/mol. The molecule has 1 rings (SSSR count). The predicted octanol–water partition coefficient (Wildman–Crippen LogP) is 4.53. The first-order chi connectivity index (χ1) is 18.7. The summed E-state index contributed by atoms with van der Waals surface area (Å²) in [6.07, 6.45) is -5.48. The Morgan fingerprint density at radius 3 is 1.64 bits per heavy atom. The molecule has 250 valence electrons. The van der Waals surface area contributed by atoms with E-state index in [1.807, 2.05) is 55.4 Å². The first-order valence-corrected chi connectivity index (χ1v) is 16.0. The quantitative estimate of drug-likeness (QED) is 0.182. The van der Waals surface area contributed by atoms with Crippen LogP contribution in [0.15, 0.2) is 0 Å². The van der Waals surface area contributed by atoms with Crippen LogP contribution >= 0.6 is 0 Å². The molecule has 1 aliphatic carbocycles. The summed E-state index contributed by atoms with van der Waals surface area (Å²) in [6, 6.07) is -0.960. The Morgan fingerprint density at radius 1 is 0.738 bits per heavy atom. The van der Waals surface area contributed by atoms with Gasteiger partial charge in [0.15, 0.2) is 0 Å². The second kappa shape index (κ2) is 14.6. The molecule has 0 radical (unpaired) electrons. The molecule has 0 saturated heterocycles. The van der Waals surface area contributed by atoms with Crippen molar-refractivity contribution in [3.8, 4) is 0 Å². The Hall–Kier alpha value is -0.770. The minimum atomic E-state index is -1.38. The number of carbonyl (C=O) groups is 1. The van der Waals surface area contributed by atoms with E-state index in [2.05, 4.69) is 46.9 Å². The molecule has 8 nitrogen and oxygen atoms in total. The van der Waals surface area contributed by atoms with E-state index < -0.39 is 48.1 Å². The number of amides is 1. The minimum absolute atomic E-state index is 0.0201. The van der Waals surface area contributed by atoms with Crippen molar-refractivity contribution < 1.29 is 35.1 Å². The molecule has 1 saturated carbocycles. The van der Waals surface area contributed by atoms with Crippen LogP contribution in [0, 0.1) is 45.3 Å². The number of ether oxygens (including phenoxy) is 1. The Balaban J connectivity index is 3.36. The molecule has 42 heavy (non-hydrogen) atoms. The molecule has 1 amide bonds. The van der Waals surface area contributed by atoms with Gasteiger partial charge in [-0.3, -0.25) is 4.79 Å². The number of hydrogen-bond acceptors (Lipinski definition) is 7. The third-order valence-corrected chi connectivity index (χ3v) is 8.78. The van der Waals surface area contributed by atoms with Crippen molar-refractivity contribution >= 4 is 5.91 Å². The van der Waals surface area contributed by atoms with Crippen molar-refractivity contribution in [3.05, 3.63) is 0 Å². The number of aliphatic hydroxyl groups excluding tert-OH is 5. The summed E-state index contributed by atoms with van der Waals surface area (Å²) in [5.74, 6) is -0.808. The fourth-order valence-electron chi connectivity index (χ4n) is 7.96. The molecule has 0 aromatic rings. The Kier molecular flexibility index (Phi) is 13.6. The highest BCUT2D eigenvalue weighted by Crippen LogP contribution is 2.42. The zero-order chi connectivity index (χ0) is 33.2. The van der Waals surface area contributed by atoms with Crippen molar-refractivity contribution in [2.45, 2.75) is 159 Å². The number of hydrogen-bond donors (Lipinski definition) is 6. The van der Waals surface area contributed by atoms with Crippen molar-refractivity contribution in [2.24, 2.45) is 45.3 Å². The summed E-state index contributed by atoms with van der Waals surface area (Å²) in [6.45, 7) is 28.3. The maximum atomic E-state index is 13.4. The van der Waals surface area contributed by atoms with Crippen LogP contribution in [0.5, 0.6) is 0 Å². The van der Waals surface area contributed by atoms with Crippen LogP contribution in [0.1, 0.15) is 116 Å². The van der Waals surface area contributed by atoms with Gasteiger partial charge in [0.1, 0.15) is 18.3 Å². The van der Waals surface area contributed by atoms with Crippen molar-refractivity contribution in [2.75, 3.05) is 6.61 Å². The third kappa shape index (κ3) is 11.3. The Morgan fingerprint density at radius 2 is 1.21 bits per heavy atom. The average Bonchev–Trinajstić information content (AvgIpc) is 2.75. The van der Waals surface area contributed by atoms with E-state index in [0.717, 1.165) is 6.42 Å². The van der Waals surface area contributed by atoms with Gasteiger partial charge >= 0.3 is 0 Å². The highest BCUT2D eigenvalue weighted by atomic mass is 16.5. The van der Waals surface area contributed by atoms with E-state index in [0.29, 0.717) is 6.42 Å². The topological polar surface area (TPSA) is 139 Å². The maximum Gasteiger partial charge on any atom is 0.220 e. The van der Waals surface area contributed by atoms with Gasteiger partial charge in [0, 0.05) is 6.42 Å². The summed E-state index contributed by atoms with van der Waals surface area (Å²) >= 11 is 0. The zero-order valence-corrected chi connectivity index (χ0v) is 29.2. The Labute approximate surface area is 257 Å². The molecule has 9 unspecified atom stereocenters. The van der Waals surface area contributed by atoms with Crippen molar-refractivity contribution in [3.63, 3.8) is 0 Å². The minimum Gasteiger partial charge on any atom is -0.390 e. The Bertz CT molecular complexity index is 842. The lowest BCUT2D eigenvalue weighted by molar-refractivity contribution is -0.217. The van der Waals surface area contributed by atoms with Crippen LogP contribution in [-0.2, 0) is 9.53 Å². The fraction of sp³-hybridized carbons (Fsp3) is 0.971. The average molecular weight is 602 g/mol. The molecular formula is C34H67NO7. The van der Waals surface area contributed by atoms with Gasteiger partial charge in [0.25, 0.3) is 0 Å². The summed E-state index contributed by atoms with van der Waals surface area (Å²) in [5, 5.41) is 58.6. The lowest BCUT2D eigenvalue weighted by Crippen LogP contribution is -2.62. The van der Waals surface area contributed by atoms with Crippen LogP contribution in [0.2, 0.25) is 0 Å². The summed E-state index contributed by atoms with van der Waals surface area (Å²) < 4.78 is 6.32. The maximum absolute atomic E-state index is 13.4. The standard InChI is InChI=1S/C34H67NO7/c1-19(2)23-24(20(3)4)29(28(40)27(39)26(23)38)42-16-21(25(37)30(41)34(13,14)18-32(8,9)10)35-22(36)15-33(11,12)17-31(5,6)7/h19-21,23-30,37-41H,15-18H2,1-14H3,(H,35,36). The van der Waals surface area contributed by atoms with Crippen LogP contribution in [0.3, 0.4) is 0 Å². The molecule has 0 spiro atoms. The van der Waals surface area contributed by atoms with E-state index in [4.69, 9.17) is 4.74 Å². The molecule has 0 aromatic carbocycles. The summed E-state index contributed by atoms with van der Waals surface area (Å²) in [7, 11) is 0. The van der Waals surface area contributed by atoms with Crippen LogP contribution in [-0.4, -0.2) is 80.7 Å². The number of nitrogens with one attached hydrogen (secondary N) is 1. The largest absolute Gasteiger partial charge is 0.390 e. The van der Waals surface area contributed by atoms with E-state index in [1.165, 1.54) is 0 Å². The predicted molar refractivity (Wildman–Crippen MR) is 169 cm³/mol. The van der Waals surface area contributed by atoms with Gasteiger partial charge in [-0.25, -0.2) is 0 Å². The van der Waals surface area contributed by atoms with Gasteiger partial charge in [-0.05, 0) is 58.2 Å².